The molecule has 1 N–H and O–H groups in total. The quantitative estimate of drug-likeness (QED) is 0.314. The predicted molar refractivity (Wildman–Crippen MR) is 140 cm³/mol. The van der Waals surface area contributed by atoms with Crippen LogP contribution in [0.1, 0.15) is 29.9 Å². The van der Waals surface area contributed by atoms with Crippen molar-refractivity contribution in [3.63, 3.8) is 0 Å². The second-order valence-corrected chi connectivity index (χ2v) is 11.1. The van der Waals surface area contributed by atoms with E-state index in [1.807, 2.05) is 36.4 Å². The van der Waals surface area contributed by atoms with Gasteiger partial charge in [-0.15, -0.1) is 0 Å². The average molecular weight is 579 g/mol. The number of aromatic hydroxyl groups is 1. The third-order valence-corrected chi connectivity index (χ3v) is 8.73. The molecule has 0 aromatic heterocycles. The van der Waals surface area contributed by atoms with Gasteiger partial charge in [-0.3, -0.25) is 24.1 Å². The van der Waals surface area contributed by atoms with Gasteiger partial charge in [-0.2, -0.15) is 0 Å². The molecule has 1 saturated heterocycles. The molecule has 0 spiro atoms. The van der Waals surface area contributed by atoms with E-state index < -0.39 is 23.7 Å². The van der Waals surface area contributed by atoms with Gasteiger partial charge in [0, 0.05) is 33.7 Å². The molecule has 4 atom stereocenters. The molecular weight excluding hydrogens is 558 g/mol. The summed E-state index contributed by atoms with van der Waals surface area (Å²) in [6.07, 6.45) is 3.69. The molecule has 6 rings (SSSR count). The fourth-order valence-electron chi connectivity index (χ4n) is 6.31. The molecule has 0 unspecified atom stereocenters. The van der Waals surface area contributed by atoms with E-state index in [-0.39, 0.29) is 46.6 Å². The van der Waals surface area contributed by atoms with Gasteiger partial charge < -0.3 is 5.11 Å². The van der Waals surface area contributed by atoms with E-state index in [2.05, 4.69) is 15.9 Å². The van der Waals surface area contributed by atoms with Crippen LogP contribution < -0.4 is 0 Å². The number of phenolic OH excluding ortho intramolecular Hbond substituents is 1. The Bertz CT molecular complexity index is 1490. The number of hydrogen-bond acceptors (Lipinski definition) is 5. The van der Waals surface area contributed by atoms with E-state index >= 15 is 0 Å². The summed E-state index contributed by atoms with van der Waals surface area (Å²) in [6, 6.07) is 13.9. The third kappa shape index (κ3) is 3.75. The van der Waals surface area contributed by atoms with Crippen molar-refractivity contribution >= 4 is 50.9 Å². The number of phenols is 1. The first kappa shape index (κ1) is 24.1. The Morgan fingerprint density at radius 1 is 1.00 bits per heavy atom. The van der Waals surface area contributed by atoms with Gasteiger partial charge in [0.15, 0.2) is 11.6 Å². The summed E-state index contributed by atoms with van der Waals surface area (Å²) in [5.41, 5.74) is 2.64. The zero-order valence-electron chi connectivity index (χ0n) is 19.5. The van der Waals surface area contributed by atoms with E-state index in [1.54, 1.807) is 12.1 Å². The summed E-state index contributed by atoms with van der Waals surface area (Å²) in [6.45, 7) is 0.186. The lowest BCUT2D eigenvalue weighted by molar-refractivity contribution is -0.140. The number of allylic oxidation sites excluding steroid dienone is 6. The Morgan fingerprint density at radius 3 is 2.51 bits per heavy atom. The van der Waals surface area contributed by atoms with Crippen molar-refractivity contribution in [3.8, 4) is 5.75 Å². The first-order valence-corrected chi connectivity index (χ1v) is 13.2. The Kier molecular flexibility index (Phi) is 5.81. The summed E-state index contributed by atoms with van der Waals surface area (Å²) in [4.78, 5) is 55.0. The summed E-state index contributed by atoms with van der Waals surface area (Å²) in [5.74, 6) is -3.58. The van der Waals surface area contributed by atoms with E-state index in [0.29, 0.717) is 28.2 Å². The summed E-state index contributed by atoms with van der Waals surface area (Å²) in [5, 5.41) is 11.2. The van der Waals surface area contributed by atoms with Crippen LogP contribution >= 0.6 is 27.5 Å². The number of carbonyl (C=O) groups excluding carboxylic acids is 4. The lowest BCUT2D eigenvalue weighted by Gasteiger charge is -2.42. The minimum absolute atomic E-state index is 0.0571. The van der Waals surface area contributed by atoms with Gasteiger partial charge in [0.1, 0.15) is 5.75 Å². The van der Waals surface area contributed by atoms with Crippen LogP contribution in [0.5, 0.6) is 5.75 Å². The lowest BCUT2D eigenvalue weighted by atomic mass is 9.59. The molecule has 4 aliphatic rings. The third-order valence-electron chi connectivity index (χ3n) is 7.91. The fourth-order valence-corrected chi connectivity index (χ4v) is 6.93. The topological polar surface area (TPSA) is 91.8 Å². The van der Waals surface area contributed by atoms with Crippen molar-refractivity contribution in [3.05, 3.63) is 98.0 Å². The second-order valence-electron chi connectivity index (χ2n) is 9.84. The lowest BCUT2D eigenvalue weighted by Crippen LogP contribution is -2.39. The number of imide groups is 1. The number of rotatable bonds is 3. The standard InChI is InChI=1S/C29H21BrClNO5/c30-21-12-23(34)26-20(27(21)35)11-18-16(24(26)19-10-15(31)6-9-22(19)33)7-8-17-25(18)29(37)32(28(17)36)13-14-4-2-1-3-5-14/h1-7,9-10,12,17-18,24-25,33H,8,11,13H2/t17-,18+,24+,25-/m0/s1. The molecular formula is C29H21BrClNO5. The van der Waals surface area contributed by atoms with E-state index in [9.17, 15) is 24.3 Å². The molecule has 1 heterocycles. The first-order valence-electron chi connectivity index (χ1n) is 12.0. The normalized spacial score (nSPS) is 27.0. The molecule has 6 nitrogen and oxygen atoms in total. The van der Waals surface area contributed by atoms with Crippen molar-refractivity contribution < 1.29 is 24.3 Å². The number of hydrogen-bond donors (Lipinski definition) is 1. The zero-order valence-corrected chi connectivity index (χ0v) is 21.8. The maximum atomic E-state index is 13.8. The van der Waals surface area contributed by atoms with E-state index in [1.165, 1.54) is 17.0 Å². The molecule has 186 valence electrons. The van der Waals surface area contributed by atoms with Crippen LogP contribution in [-0.4, -0.2) is 33.4 Å². The zero-order chi connectivity index (χ0) is 26.0. The highest BCUT2D eigenvalue weighted by atomic mass is 79.9. The van der Waals surface area contributed by atoms with Gasteiger partial charge in [-0.25, -0.2) is 0 Å². The molecule has 2 aromatic carbocycles. The van der Waals surface area contributed by atoms with Crippen LogP contribution in [-0.2, 0) is 25.7 Å². The van der Waals surface area contributed by atoms with Crippen LogP contribution in [0.2, 0.25) is 5.02 Å². The summed E-state index contributed by atoms with van der Waals surface area (Å²) >= 11 is 9.49. The van der Waals surface area contributed by atoms with Crippen molar-refractivity contribution in [2.75, 3.05) is 0 Å². The molecule has 0 saturated carbocycles. The van der Waals surface area contributed by atoms with Gasteiger partial charge >= 0.3 is 0 Å². The number of halogens is 2. The Balaban J connectivity index is 1.47. The smallest absolute Gasteiger partial charge is 0.234 e. The minimum atomic E-state index is -0.743. The molecule has 0 radical (unpaired) electrons. The SMILES string of the molecule is O=C1C=C(Br)C(=O)C2=C1[C@@H](c1cc(Cl)ccc1O)C1=CC[C@@H]3C(=O)N(Cc4ccccc4)C(=O)[C@@H]3[C@@H]1C2. The van der Waals surface area contributed by atoms with Crippen molar-refractivity contribution in [1.82, 2.24) is 4.90 Å². The first-order chi connectivity index (χ1) is 17.8. The fraction of sp³-hybridized carbons (Fsp3) is 0.241. The number of carbonyl (C=O) groups is 4. The van der Waals surface area contributed by atoms with Crippen molar-refractivity contribution in [2.45, 2.75) is 25.3 Å². The highest BCUT2D eigenvalue weighted by molar-refractivity contribution is 9.12. The van der Waals surface area contributed by atoms with E-state index in [4.69, 9.17) is 11.6 Å². The number of likely N-dealkylation sites (tertiary alicyclic amines) is 1. The maximum absolute atomic E-state index is 13.8. The number of fused-ring (bicyclic) bond motifs is 3. The molecule has 0 bridgehead atoms. The minimum Gasteiger partial charge on any atom is -0.508 e. The Morgan fingerprint density at radius 2 is 1.76 bits per heavy atom. The molecule has 2 aromatic rings. The largest absolute Gasteiger partial charge is 0.508 e. The number of benzene rings is 2. The summed E-state index contributed by atoms with van der Waals surface area (Å²) < 4.78 is 0.157. The highest BCUT2D eigenvalue weighted by Gasteiger charge is 2.56. The van der Waals surface area contributed by atoms with E-state index in [0.717, 1.165) is 11.1 Å². The monoisotopic (exact) mass is 577 g/mol. The van der Waals surface area contributed by atoms with Gasteiger partial charge in [0.25, 0.3) is 0 Å². The Hall–Kier alpha value is -3.29. The highest BCUT2D eigenvalue weighted by Crippen LogP contribution is 2.56. The van der Waals surface area contributed by atoms with Crippen LogP contribution in [0.15, 0.2) is 81.9 Å². The average Bonchev–Trinajstić information content (AvgIpc) is 3.13. The summed E-state index contributed by atoms with van der Waals surface area (Å²) in [7, 11) is 0. The molecule has 37 heavy (non-hydrogen) atoms. The second kappa shape index (κ2) is 8.92. The van der Waals surface area contributed by atoms with Crippen LogP contribution in [0.25, 0.3) is 0 Å². The number of nitrogens with zero attached hydrogens (tertiary/aromatic N) is 1. The number of amides is 2. The predicted octanol–water partition coefficient (Wildman–Crippen LogP) is 5.01. The number of Topliss-reactive ketones (excluding diaryl/α,β-unsaturated/α-hetero) is 1. The number of ketones is 2. The molecule has 3 aliphatic carbocycles. The molecule has 1 aliphatic heterocycles. The maximum Gasteiger partial charge on any atom is 0.234 e. The van der Waals surface area contributed by atoms with Crippen molar-refractivity contribution in [1.29, 1.82) is 0 Å². The van der Waals surface area contributed by atoms with Gasteiger partial charge in [0.2, 0.25) is 11.8 Å². The Labute approximate surface area is 226 Å². The van der Waals surface area contributed by atoms with Crippen LogP contribution in [0, 0.1) is 17.8 Å². The van der Waals surface area contributed by atoms with Crippen LogP contribution in [0.4, 0.5) is 0 Å². The van der Waals surface area contributed by atoms with Gasteiger partial charge in [-0.05, 0) is 58.5 Å². The van der Waals surface area contributed by atoms with Gasteiger partial charge in [0.05, 0.1) is 22.9 Å². The molecule has 8 heteroatoms. The molecule has 2 amide bonds. The molecule has 1 fully saturated rings. The van der Waals surface area contributed by atoms with Crippen LogP contribution in [0.3, 0.4) is 0 Å². The van der Waals surface area contributed by atoms with Crippen molar-refractivity contribution in [2.24, 2.45) is 17.8 Å². The van der Waals surface area contributed by atoms with Gasteiger partial charge in [-0.1, -0.05) is 53.6 Å².